The van der Waals surface area contributed by atoms with Crippen LogP contribution in [0.4, 0.5) is 11.4 Å². The van der Waals surface area contributed by atoms with Crippen LogP contribution in [-0.2, 0) is 0 Å². The Morgan fingerprint density at radius 2 is 1.46 bits per heavy atom. The molecule has 4 aromatic rings. The number of para-hydroxylation sites is 1. The number of carbonyl (C=O) groups excluding carboxylic acids is 2. The van der Waals surface area contributed by atoms with Gasteiger partial charge in [0.15, 0.2) is 5.76 Å². The van der Waals surface area contributed by atoms with Gasteiger partial charge in [0, 0.05) is 27.3 Å². The minimum absolute atomic E-state index is 0.217. The molecule has 0 unspecified atom stereocenters. The first-order chi connectivity index (χ1) is 13.6. The third-order valence-electron chi connectivity index (χ3n) is 4.11. The molecule has 28 heavy (non-hydrogen) atoms. The van der Waals surface area contributed by atoms with Gasteiger partial charge in [0.25, 0.3) is 11.8 Å². The molecule has 5 nitrogen and oxygen atoms in total. The summed E-state index contributed by atoms with van der Waals surface area (Å²) in [4.78, 5) is 24.8. The SMILES string of the molecule is O=C(Nc1cccc(NC(=O)c2cc3ccccc3o2)c1)c1cccc(Cl)c1. The van der Waals surface area contributed by atoms with Crippen LogP contribution >= 0.6 is 11.6 Å². The number of furan rings is 1. The number of anilines is 2. The van der Waals surface area contributed by atoms with Crippen LogP contribution in [0.25, 0.3) is 11.0 Å². The minimum atomic E-state index is -0.366. The van der Waals surface area contributed by atoms with Gasteiger partial charge in [-0.2, -0.15) is 0 Å². The smallest absolute Gasteiger partial charge is 0.291 e. The topological polar surface area (TPSA) is 71.3 Å². The molecule has 0 saturated heterocycles. The summed E-state index contributed by atoms with van der Waals surface area (Å²) in [6.45, 7) is 0. The number of halogens is 1. The van der Waals surface area contributed by atoms with Gasteiger partial charge in [-0.15, -0.1) is 0 Å². The third-order valence-corrected chi connectivity index (χ3v) is 4.35. The Balaban J connectivity index is 1.49. The van der Waals surface area contributed by atoms with Crippen molar-refractivity contribution >= 4 is 45.8 Å². The fraction of sp³-hybridized carbons (Fsp3) is 0. The fourth-order valence-electron chi connectivity index (χ4n) is 2.79. The van der Waals surface area contributed by atoms with E-state index in [9.17, 15) is 9.59 Å². The monoisotopic (exact) mass is 390 g/mol. The molecule has 2 N–H and O–H groups in total. The summed E-state index contributed by atoms with van der Waals surface area (Å²) in [6.07, 6.45) is 0. The van der Waals surface area contributed by atoms with E-state index in [0.29, 0.717) is 27.5 Å². The first-order valence-corrected chi connectivity index (χ1v) is 8.93. The Bertz CT molecular complexity index is 1150. The first kappa shape index (κ1) is 17.8. The lowest BCUT2D eigenvalue weighted by Crippen LogP contribution is -2.13. The van der Waals surface area contributed by atoms with E-state index in [1.54, 1.807) is 60.7 Å². The molecule has 0 radical (unpaired) electrons. The Morgan fingerprint density at radius 1 is 0.750 bits per heavy atom. The second kappa shape index (κ2) is 7.58. The van der Waals surface area contributed by atoms with E-state index in [1.807, 2.05) is 18.2 Å². The first-order valence-electron chi connectivity index (χ1n) is 8.55. The lowest BCUT2D eigenvalue weighted by molar-refractivity contribution is 0.0997. The highest BCUT2D eigenvalue weighted by atomic mass is 35.5. The van der Waals surface area contributed by atoms with Gasteiger partial charge in [0.2, 0.25) is 0 Å². The van der Waals surface area contributed by atoms with E-state index >= 15 is 0 Å². The summed E-state index contributed by atoms with van der Waals surface area (Å²) < 4.78 is 5.57. The van der Waals surface area contributed by atoms with Crippen molar-refractivity contribution < 1.29 is 14.0 Å². The number of carbonyl (C=O) groups is 2. The molecule has 6 heteroatoms. The Labute approximate surface area is 165 Å². The maximum absolute atomic E-state index is 12.5. The van der Waals surface area contributed by atoms with Crippen LogP contribution in [0, 0.1) is 0 Å². The average Bonchev–Trinajstić information content (AvgIpc) is 3.13. The van der Waals surface area contributed by atoms with E-state index in [2.05, 4.69) is 10.6 Å². The molecular formula is C22H15ClN2O3. The number of amides is 2. The Morgan fingerprint density at radius 3 is 2.21 bits per heavy atom. The van der Waals surface area contributed by atoms with Crippen LogP contribution < -0.4 is 10.6 Å². The quantitative estimate of drug-likeness (QED) is 0.477. The van der Waals surface area contributed by atoms with Gasteiger partial charge in [0.05, 0.1) is 0 Å². The maximum atomic E-state index is 12.5. The molecule has 3 aromatic carbocycles. The van der Waals surface area contributed by atoms with Crippen LogP contribution in [0.5, 0.6) is 0 Å². The van der Waals surface area contributed by atoms with Gasteiger partial charge < -0.3 is 15.1 Å². The van der Waals surface area contributed by atoms with E-state index in [4.69, 9.17) is 16.0 Å². The molecule has 1 heterocycles. The van der Waals surface area contributed by atoms with Gasteiger partial charge in [-0.1, -0.05) is 41.9 Å². The van der Waals surface area contributed by atoms with Crippen molar-refractivity contribution in [1.82, 2.24) is 0 Å². The Hall–Kier alpha value is -3.57. The summed E-state index contributed by atoms with van der Waals surface area (Å²) in [5.74, 6) is -0.438. The molecule has 0 aliphatic rings. The standard InChI is InChI=1S/C22H15ClN2O3/c23-16-7-3-6-15(11-16)21(26)24-17-8-4-9-18(13-17)25-22(27)20-12-14-5-1-2-10-19(14)28-20/h1-13H,(H,24,26)(H,25,27). The van der Waals surface area contributed by atoms with Crippen LogP contribution in [0.15, 0.2) is 83.3 Å². The molecule has 0 aliphatic heterocycles. The average molecular weight is 391 g/mol. The number of fused-ring (bicyclic) bond motifs is 1. The van der Waals surface area contributed by atoms with Crippen LogP contribution in [0.3, 0.4) is 0 Å². The molecular weight excluding hydrogens is 376 g/mol. The zero-order valence-electron chi connectivity index (χ0n) is 14.6. The second-order valence-electron chi connectivity index (χ2n) is 6.15. The predicted molar refractivity (Wildman–Crippen MR) is 110 cm³/mol. The molecule has 138 valence electrons. The van der Waals surface area contributed by atoms with Crippen LogP contribution in [-0.4, -0.2) is 11.8 Å². The minimum Gasteiger partial charge on any atom is -0.451 e. The predicted octanol–water partition coefficient (Wildman–Crippen LogP) is 5.59. The maximum Gasteiger partial charge on any atom is 0.291 e. The van der Waals surface area contributed by atoms with Crippen molar-refractivity contribution in [1.29, 1.82) is 0 Å². The number of hydrogen-bond donors (Lipinski definition) is 2. The molecule has 1 aromatic heterocycles. The normalized spacial score (nSPS) is 10.6. The van der Waals surface area contributed by atoms with E-state index < -0.39 is 0 Å². The molecule has 4 rings (SSSR count). The number of hydrogen-bond acceptors (Lipinski definition) is 3. The summed E-state index contributed by atoms with van der Waals surface area (Å²) in [5, 5.41) is 6.91. The van der Waals surface area contributed by atoms with Crippen molar-refractivity contribution in [3.8, 4) is 0 Å². The van der Waals surface area contributed by atoms with Crippen LogP contribution in [0.2, 0.25) is 5.02 Å². The van der Waals surface area contributed by atoms with Crippen molar-refractivity contribution in [2.75, 3.05) is 10.6 Å². The van der Waals surface area contributed by atoms with Gasteiger partial charge in [0.1, 0.15) is 5.58 Å². The van der Waals surface area contributed by atoms with Gasteiger partial charge >= 0.3 is 0 Å². The molecule has 0 fully saturated rings. The third kappa shape index (κ3) is 3.89. The summed E-state index contributed by atoms with van der Waals surface area (Å²) in [6, 6.07) is 22.6. The van der Waals surface area contributed by atoms with Gasteiger partial charge in [-0.05, 0) is 48.5 Å². The number of rotatable bonds is 4. The largest absolute Gasteiger partial charge is 0.451 e. The van der Waals surface area contributed by atoms with Crippen molar-refractivity contribution in [2.24, 2.45) is 0 Å². The highest BCUT2D eigenvalue weighted by Crippen LogP contribution is 2.21. The second-order valence-corrected chi connectivity index (χ2v) is 6.58. The van der Waals surface area contributed by atoms with Gasteiger partial charge in [-0.25, -0.2) is 0 Å². The van der Waals surface area contributed by atoms with E-state index in [0.717, 1.165) is 5.39 Å². The highest BCUT2D eigenvalue weighted by molar-refractivity contribution is 6.31. The van der Waals surface area contributed by atoms with Crippen molar-refractivity contribution in [3.05, 3.63) is 95.2 Å². The molecule has 0 bridgehead atoms. The number of nitrogens with one attached hydrogen (secondary N) is 2. The van der Waals surface area contributed by atoms with Crippen molar-refractivity contribution in [2.45, 2.75) is 0 Å². The lowest BCUT2D eigenvalue weighted by Gasteiger charge is -2.08. The summed E-state index contributed by atoms with van der Waals surface area (Å²) in [5.41, 5.74) is 2.18. The van der Waals surface area contributed by atoms with E-state index in [1.165, 1.54) is 0 Å². The van der Waals surface area contributed by atoms with Crippen molar-refractivity contribution in [3.63, 3.8) is 0 Å². The van der Waals surface area contributed by atoms with Gasteiger partial charge in [-0.3, -0.25) is 9.59 Å². The molecule has 0 saturated carbocycles. The molecule has 0 spiro atoms. The lowest BCUT2D eigenvalue weighted by atomic mass is 10.2. The summed E-state index contributed by atoms with van der Waals surface area (Å²) >= 11 is 5.93. The highest BCUT2D eigenvalue weighted by Gasteiger charge is 2.13. The zero-order chi connectivity index (χ0) is 19.5. The van der Waals surface area contributed by atoms with E-state index in [-0.39, 0.29) is 17.6 Å². The molecule has 0 atom stereocenters. The molecule has 2 amide bonds. The summed E-state index contributed by atoms with van der Waals surface area (Å²) in [7, 11) is 0. The molecule has 0 aliphatic carbocycles. The number of benzene rings is 3. The zero-order valence-corrected chi connectivity index (χ0v) is 15.4. The fourth-order valence-corrected chi connectivity index (χ4v) is 2.98. The Kier molecular flexibility index (Phi) is 4.83. The van der Waals surface area contributed by atoms with Crippen LogP contribution in [0.1, 0.15) is 20.9 Å².